The number of morpholine rings is 1. The maximum atomic E-state index is 14.6. The van der Waals surface area contributed by atoms with Crippen LogP contribution in [0.1, 0.15) is 46.5 Å². The zero-order chi connectivity index (χ0) is 28.5. The molecule has 0 bridgehead atoms. The molecule has 0 aromatic carbocycles. The lowest BCUT2D eigenvalue weighted by atomic mass is 9.73. The van der Waals surface area contributed by atoms with E-state index in [1.165, 1.54) is 0 Å². The molecular weight excluding hydrogens is 514 g/mol. The number of aliphatic hydroxyl groups is 1. The number of likely N-dealkylation sites (tertiary alicyclic amines) is 1. The zero-order valence-corrected chi connectivity index (χ0v) is 24.1. The molecule has 2 amide bonds. The van der Waals surface area contributed by atoms with Crippen LogP contribution in [0.2, 0.25) is 0 Å². The second kappa shape index (κ2) is 11.9. The largest absolute Gasteiger partial charge is 0.465 e. The molecule has 1 unspecified atom stereocenters. The standard InChI is InChI=1S/C30H45N3O7/c1-4-21(3)22(20-34)33-25-27(36)32(14-13-31-15-18-38-19-16-31)12-9-11-30(25)23(26(33)35)24-28(37)39-17-8-6-7-10-29(24,5-2)40-30/h7,9-11,21-25,34H,4-6,8,12-20H2,1-3H3/b10-7-/t21-,22-,23-,24-,25?,29+,30-/m0/s1. The van der Waals surface area contributed by atoms with E-state index >= 15 is 0 Å². The Hall–Kier alpha value is -2.27. The summed E-state index contributed by atoms with van der Waals surface area (Å²) in [5.41, 5.74) is -2.41. The minimum atomic E-state index is -1.34. The smallest absolute Gasteiger partial charge is 0.313 e. The van der Waals surface area contributed by atoms with Crippen LogP contribution < -0.4 is 0 Å². The Kier molecular flexibility index (Phi) is 8.71. The molecule has 0 saturated carbocycles. The maximum absolute atomic E-state index is 14.6. The fraction of sp³-hybridized carbons (Fsp3) is 0.767. The van der Waals surface area contributed by atoms with Gasteiger partial charge in [0, 0.05) is 32.7 Å². The SMILES string of the molecule is CC[C@H](C)[C@H](CO)N1C(=O)[C@@H]2[C@H]3C(=O)OCCC/C=C\[C@@]3(CC)O[C@@]23C=CCN(CCN2CCOCC2)C(=O)C13. The zero-order valence-electron chi connectivity index (χ0n) is 24.1. The van der Waals surface area contributed by atoms with Gasteiger partial charge in [0.05, 0.1) is 38.4 Å². The third kappa shape index (κ3) is 4.80. The first-order valence-corrected chi connectivity index (χ1v) is 15.1. The highest BCUT2D eigenvalue weighted by Gasteiger charge is 2.76. The number of aliphatic hydroxyl groups excluding tert-OH is 1. The molecule has 0 aromatic rings. The average molecular weight is 560 g/mol. The number of carbonyl (C=O) groups is 3. The lowest BCUT2D eigenvalue weighted by Crippen LogP contribution is -2.60. The van der Waals surface area contributed by atoms with Crippen molar-refractivity contribution in [1.82, 2.24) is 14.7 Å². The van der Waals surface area contributed by atoms with Crippen LogP contribution in [-0.4, -0.2) is 120 Å². The number of allylic oxidation sites excluding steroid dienone is 1. The van der Waals surface area contributed by atoms with Gasteiger partial charge in [0.25, 0.3) is 0 Å². The Bertz CT molecular complexity index is 1030. The molecule has 10 nitrogen and oxygen atoms in total. The molecule has 1 spiro atoms. The number of rotatable bonds is 8. The van der Waals surface area contributed by atoms with Crippen molar-refractivity contribution in [2.24, 2.45) is 17.8 Å². The van der Waals surface area contributed by atoms with E-state index in [0.717, 1.165) is 25.9 Å². The summed E-state index contributed by atoms with van der Waals surface area (Å²) in [6.07, 6.45) is 10.3. The monoisotopic (exact) mass is 559 g/mol. The van der Waals surface area contributed by atoms with Gasteiger partial charge in [0.2, 0.25) is 11.8 Å². The van der Waals surface area contributed by atoms with Crippen LogP contribution in [0.15, 0.2) is 24.3 Å². The summed E-state index contributed by atoms with van der Waals surface area (Å²) in [6, 6.07) is -1.57. The van der Waals surface area contributed by atoms with Crippen molar-refractivity contribution in [3.05, 3.63) is 24.3 Å². The molecule has 5 rings (SSSR count). The van der Waals surface area contributed by atoms with Gasteiger partial charge in [-0.3, -0.25) is 19.3 Å². The Morgan fingerprint density at radius 3 is 2.50 bits per heavy atom. The van der Waals surface area contributed by atoms with Crippen LogP contribution in [0.5, 0.6) is 0 Å². The first kappa shape index (κ1) is 29.2. The molecule has 7 atom stereocenters. The van der Waals surface area contributed by atoms with Gasteiger partial charge in [0.15, 0.2) is 0 Å². The molecule has 3 fully saturated rings. The Labute approximate surface area is 237 Å². The summed E-state index contributed by atoms with van der Waals surface area (Å²) >= 11 is 0. The van der Waals surface area contributed by atoms with Gasteiger partial charge in [-0.25, -0.2) is 0 Å². The van der Waals surface area contributed by atoms with E-state index in [9.17, 15) is 19.5 Å². The maximum Gasteiger partial charge on any atom is 0.313 e. The summed E-state index contributed by atoms with van der Waals surface area (Å²) in [4.78, 5) is 48.4. The highest BCUT2D eigenvalue weighted by atomic mass is 16.6. The van der Waals surface area contributed by atoms with Crippen molar-refractivity contribution in [1.29, 1.82) is 0 Å². The van der Waals surface area contributed by atoms with Gasteiger partial charge >= 0.3 is 5.97 Å². The first-order valence-electron chi connectivity index (χ1n) is 15.1. The molecular formula is C30H45N3O7. The van der Waals surface area contributed by atoms with Gasteiger partial charge in [-0.2, -0.15) is 0 Å². The number of fused-ring (bicyclic) bond motifs is 2. The predicted molar refractivity (Wildman–Crippen MR) is 147 cm³/mol. The van der Waals surface area contributed by atoms with Crippen molar-refractivity contribution in [2.45, 2.75) is 69.7 Å². The second-order valence-electron chi connectivity index (χ2n) is 11.9. The minimum Gasteiger partial charge on any atom is -0.465 e. The fourth-order valence-electron chi connectivity index (χ4n) is 7.32. The van der Waals surface area contributed by atoms with E-state index < -0.39 is 41.1 Å². The van der Waals surface area contributed by atoms with Gasteiger partial charge in [-0.15, -0.1) is 0 Å². The number of hydrogen-bond donors (Lipinski definition) is 1. The van der Waals surface area contributed by atoms with E-state index in [0.29, 0.717) is 45.7 Å². The number of ether oxygens (including phenoxy) is 3. The summed E-state index contributed by atoms with van der Waals surface area (Å²) in [7, 11) is 0. The van der Waals surface area contributed by atoms with Gasteiger partial charge in [0.1, 0.15) is 23.2 Å². The van der Waals surface area contributed by atoms with Crippen LogP contribution in [0.25, 0.3) is 0 Å². The van der Waals surface area contributed by atoms with Crippen LogP contribution >= 0.6 is 0 Å². The summed E-state index contributed by atoms with van der Waals surface area (Å²) < 4.78 is 18.2. The Balaban J connectivity index is 1.58. The fourth-order valence-corrected chi connectivity index (χ4v) is 7.32. The van der Waals surface area contributed by atoms with Crippen molar-refractivity contribution >= 4 is 17.8 Å². The van der Waals surface area contributed by atoms with E-state index in [-0.39, 0.29) is 30.9 Å². The molecule has 0 radical (unpaired) electrons. The summed E-state index contributed by atoms with van der Waals surface area (Å²) in [5, 5.41) is 10.6. The number of amides is 2. The Morgan fingerprint density at radius 2 is 1.80 bits per heavy atom. The molecule has 5 aliphatic heterocycles. The minimum absolute atomic E-state index is 0.0602. The lowest BCUT2D eigenvalue weighted by Gasteiger charge is -2.42. The first-order chi connectivity index (χ1) is 19.3. The number of esters is 1. The predicted octanol–water partition coefficient (Wildman–Crippen LogP) is 1.38. The molecule has 222 valence electrons. The molecule has 40 heavy (non-hydrogen) atoms. The van der Waals surface area contributed by atoms with Gasteiger partial charge < -0.3 is 29.1 Å². The highest BCUT2D eigenvalue weighted by Crippen LogP contribution is 2.58. The third-order valence-corrected chi connectivity index (χ3v) is 9.79. The number of nitrogens with zero attached hydrogens (tertiary/aromatic N) is 3. The molecule has 10 heteroatoms. The van der Waals surface area contributed by atoms with Gasteiger partial charge in [-0.05, 0) is 25.2 Å². The molecule has 0 aliphatic carbocycles. The summed E-state index contributed by atoms with van der Waals surface area (Å²) in [5.74, 6) is -2.85. The molecule has 1 N–H and O–H groups in total. The normalized spacial score (nSPS) is 37.0. The molecule has 5 heterocycles. The topological polar surface area (TPSA) is 109 Å². The molecule has 5 aliphatic rings. The van der Waals surface area contributed by atoms with Crippen molar-refractivity contribution in [2.75, 3.05) is 59.2 Å². The molecule has 3 saturated heterocycles. The number of carbonyl (C=O) groups excluding carboxylic acids is 3. The van der Waals surface area contributed by atoms with E-state index in [4.69, 9.17) is 14.2 Å². The van der Waals surface area contributed by atoms with Gasteiger partial charge in [-0.1, -0.05) is 51.5 Å². The third-order valence-electron chi connectivity index (χ3n) is 9.79. The highest BCUT2D eigenvalue weighted by molar-refractivity contribution is 5.99. The number of cyclic esters (lactones) is 1. The number of hydrogen-bond acceptors (Lipinski definition) is 8. The molecule has 0 aromatic heterocycles. The lowest BCUT2D eigenvalue weighted by molar-refractivity contribution is -0.163. The van der Waals surface area contributed by atoms with E-state index in [1.807, 2.05) is 45.1 Å². The van der Waals surface area contributed by atoms with Crippen LogP contribution in [0, 0.1) is 17.8 Å². The van der Waals surface area contributed by atoms with E-state index in [2.05, 4.69) is 4.90 Å². The van der Waals surface area contributed by atoms with E-state index in [1.54, 1.807) is 9.80 Å². The van der Waals surface area contributed by atoms with Crippen LogP contribution in [0.3, 0.4) is 0 Å². The quantitative estimate of drug-likeness (QED) is 0.351. The van der Waals surface area contributed by atoms with Crippen molar-refractivity contribution < 1.29 is 33.7 Å². The van der Waals surface area contributed by atoms with Crippen molar-refractivity contribution in [3.8, 4) is 0 Å². The summed E-state index contributed by atoms with van der Waals surface area (Å²) in [6.45, 7) is 10.5. The average Bonchev–Trinajstić information content (AvgIpc) is 3.35. The Morgan fingerprint density at radius 1 is 1.02 bits per heavy atom. The van der Waals surface area contributed by atoms with Crippen molar-refractivity contribution in [3.63, 3.8) is 0 Å². The van der Waals surface area contributed by atoms with Crippen LogP contribution in [0.4, 0.5) is 0 Å². The van der Waals surface area contributed by atoms with Crippen LogP contribution in [-0.2, 0) is 28.6 Å². The second-order valence-corrected chi connectivity index (χ2v) is 11.9.